The number of non-ortho nitro benzene ring substituents is 1. The van der Waals surface area contributed by atoms with Gasteiger partial charge in [0.1, 0.15) is 5.60 Å². The van der Waals surface area contributed by atoms with Crippen molar-refractivity contribution in [3.8, 4) is 0 Å². The number of fused-ring (bicyclic) bond motifs is 25. The third kappa shape index (κ3) is 12.4. The normalized spacial score (nSPS) is 23.8. The lowest BCUT2D eigenvalue weighted by atomic mass is 9.97. The molecule has 16 nitrogen and oxygen atoms in total. The number of carbonyl (C=O) groups is 1. The van der Waals surface area contributed by atoms with Crippen LogP contribution in [0.3, 0.4) is 0 Å². The molecule has 8 aromatic carbocycles. The number of amides is 1. The van der Waals surface area contributed by atoms with Crippen LogP contribution in [-0.2, 0) is 34.8 Å². The number of rotatable bonds is 10. The molecule has 0 fully saturated rings. The SMILES string of the molecule is C1=CC2c3ccccc3C1N2c1ccccc1.CC(C)(C)OC(=O)N1C2C=CC1c1ccccc12.C[Si](C)(C)CCS(=O)(=O)N1C2C=CC1c1ccccc12.Cc1ccc(S(=O)(=O)N2C3C=CC2c2ccccc23)cc1.O=[N+]([O-])c1ccc(S(=O)(=O)N2C3C=CC2c2ccccc23)cc1. The molecule has 10 unspecified atom stereocenters. The van der Waals surface area contributed by atoms with E-state index in [1.54, 1.807) is 20.7 Å². The molecule has 0 N–H and O–H groups in total. The Morgan fingerprint density at radius 2 is 0.717 bits per heavy atom. The lowest BCUT2D eigenvalue weighted by molar-refractivity contribution is -0.384. The van der Waals surface area contributed by atoms with Gasteiger partial charge in [-0.15, -0.1) is 0 Å². The molecule has 10 heterocycles. The number of para-hydroxylation sites is 1. The molecule has 10 bridgehead atoms. The maximum absolute atomic E-state index is 13.0. The Bertz CT molecular complexity index is 4830. The highest BCUT2D eigenvalue weighted by Gasteiger charge is 2.50. The number of ether oxygens (including phenoxy) is 1. The number of hydrogen-bond acceptors (Lipinski definition) is 11. The van der Waals surface area contributed by atoms with E-state index in [1.165, 1.54) is 56.5 Å². The van der Waals surface area contributed by atoms with Crippen LogP contribution in [0.25, 0.3) is 0 Å². The van der Waals surface area contributed by atoms with Crippen LogP contribution in [0, 0.1) is 17.0 Å². The first-order chi connectivity index (χ1) is 47.3. The van der Waals surface area contributed by atoms with Crippen LogP contribution in [0.15, 0.2) is 271 Å². The molecule has 10 aliphatic rings. The van der Waals surface area contributed by atoms with E-state index in [-0.39, 0.29) is 70.8 Å². The van der Waals surface area contributed by atoms with Crippen LogP contribution >= 0.6 is 0 Å². The first kappa shape index (κ1) is 67.1. The fourth-order valence-corrected chi connectivity index (χ4v) is 23.3. The molecule has 0 aromatic heterocycles. The summed E-state index contributed by atoms with van der Waals surface area (Å²) in [5.41, 5.74) is 13.6. The average Bonchev–Trinajstić information content (AvgIpc) is 1.50. The quantitative estimate of drug-likeness (QED) is 0.0548. The minimum Gasteiger partial charge on any atom is -0.444 e. The molecular formula is C79H78N6O10S3Si. The van der Waals surface area contributed by atoms with Gasteiger partial charge >= 0.3 is 6.09 Å². The third-order valence-corrected chi connectivity index (χ3v) is 27.4. The minimum absolute atomic E-state index is 0.0426. The minimum atomic E-state index is -3.74. The number of nitrogens with zero attached hydrogens (tertiary/aromatic N) is 6. The molecule has 8 aromatic rings. The molecule has 0 spiro atoms. The van der Waals surface area contributed by atoms with Crippen molar-refractivity contribution in [3.63, 3.8) is 0 Å². The molecule has 506 valence electrons. The van der Waals surface area contributed by atoms with Crippen molar-refractivity contribution in [2.45, 2.75) is 129 Å². The van der Waals surface area contributed by atoms with E-state index in [2.05, 4.69) is 116 Å². The van der Waals surface area contributed by atoms with Gasteiger partial charge in [0.15, 0.2) is 0 Å². The monoisotopic (exact) mass is 1390 g/mol. The number of aryl methyl sites for hydroxylation is 1. The maximum Gasteiger partial charge on any atom is 0.411 e. The summed E-state index contributed by atoms with van der Waals surface area (Å²) in [6.45, 7) is 14.3. The molecular weight excluding hydrogens is 1320 g/mol. The van der Waals surface area contributed by atoms with Crippen molar-refractivity contribution in [2.75, 3.05) is 10.7 Å². The van der Waals surface area contributed by atoms with Crippen molar-refractivity contribution in [1.29, 1.82) is 0 Å². The lowest BCUT2D eigenvalue weighted by Crippen LogP contribution is -2.35. The largest absolute Gasteiger partial charge is 0.444 e. The lowest BCUT2D eigenvalue weighted by Gasteiger charge is -2.27. The van der Waals surface area contributed by atoms with Crippen molar-refractivity contribution < 1.29 is 39.7 Å². The van der Waals surface area contributed by atoms with E-state index in [4.69, 9.17) is 4.74 Å². The predicted molar refractivity (Wildman–Crippen MR) is 388 cm³/mol. The smallest absolute Gasteiger partial charge is 0.411 e. The summed E-state index contributed by atoms with van der Waals surface area (Å²) in [5, 5.41) is 10.7. The molecule has 10 atom stereocenters. The number of nitro benzene ring substituents is 1. The fourth-order valence-electron chi connectivity index (χ4n) is 15.1. The van der Waals surface area contributed by atoms with E-state index in [9.17, 15) is 40.2 Å². The summed E-state index contributed by atoms with van der Waals surface area (Å²) in [6.07, 6.45) is 20.4. The van der Waals surface area contributed by atoms with E-state index >= 15 is 0 Å². The summed E-state index contributed by atoms with van der Waals surface area (Å²) >= 11 is 0. The van der Waals surface area contributed by atoms with Gasteiger partial charge in [-0.25, -0.2) is 30.0 Å². The van der Waals surface area contributed by atoms with Crippen LogP contribution in [0.1, 0.15) is 142 Å². The zero-order valence-corrected chi connectivity index (χ0v) is 59.5. The second kappa shape index (κ2) is 25.9. The highest BCUT2D eigenvalue weighted by Crippen LogP contribution is 2.55. The Hall–Kier alpha value is -9.12. The number of sulfonamides is 3. The number of nitro groups is 1. The molecule has 20 heteroatoms. The predicted octanol–water partition coefficient (Wildman–Crippen LogP) is 17.1. The first-order valence-corrected chi connectivity index (χ1v) is 41.6. The van der Waals surface area contributed by atoms with Crippen LogP contribution in [0.4, 0.5) is 16.2 Å². The molecule has 18 rings (SSSR count). The third-order valence-electron chi connectivity index (χ3n) is 19.7. The van der Waals surface area contributed by atoms with E-state index in [1.807, 2.05) is 166 Å². The summed E-state index contributed by atoms with van der Waals surface area (Å²) < 4.78 is 87.5. The molecule has 10 aliphatic heterocycles. The summed E-state index contributed by atoms with van der Waals surface area (Å²) in [5.74, 6) is 0.283. The highest BCUT2D eigenvalue weighted by atomic mass is 32.2. The standard InChI is InChI=1S/C17H15NO2S.C16H12N2O4S.C16H13N.C15H21NO2SSi.C15H17NO2/c1-12-6-8-13(9-7-12)21(19,20)18-16-10-11-17(18)15-5-3-2-4-14(15)16;19-18(20)11-5-7-12(8-6-11)23(21,22)17-15-9-10-16(17)14-4-2-1-3-13(14)15;1-2-6-12(7-3-1)17-15-10-11-16(17)14-9-5-4-8-13(14)15;1-20(2,3)11-10-19(17,18)16-14-8-9-15(16)13-7-5-4-6-12(13)14;1-15(2,3)18-14(17)16-12-8-9-13(16)11-7-5-4-6-10(11)12/h2-11,16-17H,1H3;1-10,15-16H;1-11,15-16H;4-9,14-15H,10-11H2,1-3H3;4-9,12-13H,1-3H3. The Morgan fingerprint density at radius 3 is 1.05 bits per heavy atom. The summed E-state index contributed by atoms with van der Waals surface area (Å²) in [4.78, 5) is 27.2. The van der Waals surface area contributed by atoms with Gasteiger partial charge in [0, 0.05) is 25.9 Å². The average molecular weight is 1400 g/mol. The first-order valence-electron chi connectivity index (χ1n) is 33.4. The Balaban J connectivity index is 0.000000106. The van der Waals surface area contributed by atoms with E-state index in [0.717, 1.165) is 45.0 Å². The number of benzene rings is 8. The molecule has 0 saturated heterocycles. The molecule has 0 radical (unpaired) electrons. The van der Waals surface area contributed by atoms with Crippen molar-refractivity contribution in [2.24, 2.45) is 0 Å². The van der Waals surface area contributed by atoms with Crippen LogP contribution in [0.5, 0.6) is 0 Å². The number of hydrogen-bond donors (Lipinski definition) is 0. The highest BCUT2D eigenvalue weighted by molar-refractivity contribution is 7.89. The molecule has 99 heavy (non-hydrogen) atoms. The number of anilines is 1. The van der Waals surface area contributed by atoms with Gasteiger partial charge in [-0.1, -0.05) is 238 Å². The van der Waals surface area contributed by atoms with Crippen molar-refractivity contribution in [3.05, 3.63) is 332 Å². The Morgan fingerprint density at radius 1 is 0.424 bits per heavy atom. The van der Waals surface area contributed by atoms with Gasteiger partial charge in [-0.05, 0) is 126 Å². The second-order valence-corrected chi connectivity index (χ2v) is 39.6. The summed E-state index contributed by atoms with van der Waals surface area (Å²) in [6, 6.07) is 64.0. The number of carbonyl (C=O) groups excluding carboxylic acids is 1. The van der Waals surface area contributed by atoms with Crippen LogP contribution < -0.4 is 4.90 Å². The van der Waals surface area contributed by atoms with E-state index in [0.29, 0.717) is 17.0 Å². The van der Waals surface area contributed by atoms with Gasteiger partial charge < -0.3 is 9.64 Å². The van der Waals surface area contributed by atoms with Gasteiger partial charge in [0.2, 0.25) is 30.1 Å². The van der Waals surface area contributed by atoms with Gasteiger partial charge in [0.25, 0.3) is 5.69 Å². The van der Waals surface area contributed by atoms with Crippen molar-refractivity contribution in [1.82, 2.24) is 17.8 Å². The topological polar surface area (TPSA) is 188 Å². The molecule has 0 aliphatic carbocycles. The Labute approximate surface area is 581 Å². The maximum atomic E-state index is 13.0. The van der Waals surface area contributed by atoms with Gasteiger partial charge in [-0.3, -0.25) is 15.0 Å². The van der Waals surface area contributed by atoms with Crippen LogP contribution in [0.2, 0.25) is 25.7 Å². The zero-order chi connectivity index (χ0) is 69.5. The fraction of sp³-hybridized carbons (Fsp3) is 0.253. The van der Waals surface area contributed by atoms with Crippen molar-refractivity contribution >= 4 is 55.6 Å². The summed E-state index contributed by atoms with van der Waals surface area (Å²) in [7, 11) is -11.8. The second-order valence-electron chi connectivity index (χ2n) is 28.3. The van der Waals surface area contributed by atoms with E-state index < -0.39 is 48.7 Å². The zero-order valence-electron chi connectivity index (χ0n) is 56.0. The van der Waals surface area contributed by atoms with Crippen LogP contribution in [-0.4, -0.2) is 73.5 Å². The molecule has 1 amide bonds. The van der Waals surface area contributed by atoms with Gasteiger partial charge in [-0.2, -0.15) is 12.9 Å². The van der Waals surface area contributed by atoms with Gasteiger partial charge in [0.05, 0.1) is 80.9 Å². The Kier molecular flexibility index (Phi) is 17.5. The molecule has 0 saturated carbocycles.